The number of rotatable bonds is 3. The number of nitrogens with two attached hydrogens (primary N) is 1. The number of halogens is 3. The third-order valence-electron chi connectivity index (χ3n) is 6.20. The minimum atomic E-state index is -1.46. The van der Waals surface area contributed by atoms with E-state index in [0.29, 0.717) is 13.1 Å². The molecule has 0 amide bonds. The van der Waals surface area contributed by atoms with Crippen molar-refractivity contribution in [1.29, 1.82) is 0 Å². The molecule has 6 nitrogen and oxygen atoms in total. The van der Waals surface area contributed by atoms with Crippen molar-refractivity contribution >= 4 is 34.2 Å². The van der Waals surface area contributed by atoms with Crippen LogP contribution in [0.2, 0.25) is 5.02 Å². The summed E-state index contributed by atoms with van der Waals surface area (Å²) in [6.07, 6.45) is 7.66. The molecule has 1 aromatic carbocycles. The quantitative estimate of drug-likeness (QED) is 0.776. The Bertz CT molecular complexity index is 1220. The van der Waals surface area contributed by atoms with Gasteiger partial charge in [0, 0.05) is 31.6 Å². The third-order valence-corrected chi connectivity index (χ3v) is 6.56. The van der Waals surface area contributed by atoms with E-state index < -0.39 is 40.5 Å². The van der Waals surface area contributed by atoms with Crippen molar-refractivity contribution in [1.82, 2.24) is 4.57 Å². The Morgan fingerprint density at radius 1 is 1.37 bits per heavy atom. The van der Waals surface area contributed by atoms with Crippen LogP contribution in [-0.2, 0) is 0 Å². The van der Waals surface area contributed by atoms with Gasteiger partial charge < -0.3 is 20.3 Å². The number of anilines is 1. The number of pyridine rings is 1. The van der Waals surface area contributed by atoms with Crippen LogP contribution >= 0.6 is 11.6 Å². The van der Waals surface area contributed by atoms with Gasteiger partial charge >= 0.3 is 5.97 Å². The molecule has 1 saturated heterocycles. The Kier molecular flexibility index (Phi) is 4.10. The van der Waals surface area contributed by atoms with E-state index in [9.17, 15) is 19.1 Å². The molecule has 1 aromatic heterocycles. The molecule has 9 heteroatoms. The van der Waals surface area contributed by atoms with Gasteiger partial charge in [-0.25, -0.2) is 13.6 Å². The first-order valence-electron chi connectivity index (χ1n) is 9.55. The van der Waals surface area contributed by atoms with Crippen LogP contribution in [0.25, 0.3) is 10.9 Å². The van der Waals surface area contributed by atoms with E-state index in [2.05, 4.69) is 0 Å². The summed E-state index contributed by atoms with van der Waals surface area (Å²) in [7, 11) is 0. The van der Waals surface area contributed by atoms with Crippen molar-refractivity contribution in [3.8, 4) is 0 Å². The lowest BCUT2D eigenvalue weighted by Crippen LogP contribution is -2.46. The van der Waals surface area contributed by atoms with Crippen molar-refractivity contribution in [3.05, 3.63) is 63.2 Å². The number of carbonyl (C=O) groups is 1. The number of allylic oxidation sites excluding steroid dienone is 2. The van der Waals surface area contributed by atoms with Gasteiger partial charge in [-0.3, -0.25) is 4.79 Å². The van der Waals surface area contributed by atoms with Crippen LogP contribution < -0.4 is 16.1 Å². The van der Waals surface area contributed by atoms with Crippen LogP contribution in [-0.4, -0.2) is 40.4 Å². The zero-order valence-electron chi connectivity index (χ0n) is 15.7. The van der Waals surface area contributed by atoms with Gasteiger partial charge in [-0.05, 0) is 6.07 Å². The average molecular weight is 434 g/mol. The van der Waals surface area contributed by atoms with Gasteiger partial charge in [-0.1, -0.05) is 35.9 Å². The van der Waals surface area contributed by atoms with Crippen molar-refractivity contribution in [2.24, 2.45) is 11.7 Å². The highest BCUT2D eigenvalue weighted by Gasteiger charge is 2.44. The van der Waals surface area contributed by atoms with E-state index in [1.54, 1.807) is 4.90 Å². The zero-order valence-corrected chi connectivity index (χ0v) is 16.4. The molecule has 0 bridgehead atoms. The lowest BCUT2D eigenvalue weighted by molar-refractivity contribution is 0.0694. The van der Waals surface area contributed by atoms with Crippen molar-refractivity contribution in [2.45, 2.75) is 24.2 Å². The molecular formula is C21H18ClF2N3O3. The standard InChI is InChI=1S/C21H18ClF2N3O3/c22-16-17-11(19(28)12(20(29)30)8-27(17)15-6-13(15)23)5-14(24)18(16)26-7-10-3-1-2-4-21(10,25)9-26/h1-5,8,10,13,15H,6-7,9,25H2,(H,29,30). The highest BCUT2D eigenvalue weighted by Crippen LogP contribution is 2.45. The molecule has 1 saturated carbocycles. The summed E-state index contributed by atoms with van der Waals surface area (Å²) in [6.45, 7) is 0.735. The maximum Gasteiger partial charge on any atom is 0.341 e. The Hall–Kier alpha value is -2.71. The van der Waals surface area contributed by atoms with Gasteiger partial charge in [0.1, 0.15) is 17.6 Å². The number of hydrogen-bond donors (Lipinski definition) is 2. The second kappa shape index (κ2) is 6.39. The molecule has 3 N–H and O–H groups in total. The number of aromatic carboxylic acids is 1. The Labute approximate surface area is 174 Å². The number of carboxylic acids is 1. The first-order valence-corrected chi connectivity index (χ1v) is 9.93. The molecule has 3 aliphatic rings. The summed E-state index contributed by atoms with van der Waals surface area (Å²) in [5.41, 5.74) is 4.62. The van der Waals surface area contributed by atoms with Crippen LogP contribution in [0.3, 0.4) is 0 Å². The Morgan fingerprint density at radius 2 is 2.10 bits per heavy atom. The molecule has 4 atom stereocenters. The van der Waals surface area contributed by atoms with Gasteiger partial charge in [0.2, 0.25) is 5.43 Å². The fraction of sp³-hybridized carbons (Fsp3) is 0.333. The monoisotopic (exact) mass is 433 g/mol. The minimum absolute atomic E-state index is 0.0381. The average Bonchev–Trinajstić information content (AvgIpc) is 3.29. The predicted octanol–water partition coefficient (Wildman–Crippen LogP) is 3.03. The lowest BCUT2D eigenvalue weighted by Gasteiger charge is -2.27. The van der Waals surface area contributed by atoms with Crippen LogP contribution in [0.4, 0.5) is 14.5 Å². The van der Waals surface area contributed by atoms with E-state index in [1.165, 1.54) is 4.57 Å². The molecule has 156 valence electrons. The summed E-state index contributed by atoms with van der Waals surface area (Å²) >= 11 is 6.61. The molecule has 2 aromatic rings. The second-order valence-corrected chi connectivity index (χ2v) is 8.54. The lowest BCUT2D eigenvalue weighted by atomic mass is 9.85. The van der Waals surface area contributed by atoms with Gasteiger partial charge in [0.25, 0.3) is 0 Å². The molecule has 5 rings (SSSR count). The highest BCUT2D eigenvalue weighted by atomic mass is 35.5. The van der Waals surface area contributed by atoms with E-state index in [1.807, 2.05) is 24.3 Å². The van der Waals surface area contributed by atoms with Crippen molar-refractivity contribution < 1.29 is 18.7 Å². The number of aromatic nitrogens is 1. The first-order chi connectivity index (χ1) is 14.2. The molecule has 0 radical (unpaired) electrons. The van der Waals surface area contributed by atoms with Gasteiger partial charge in [-0.2, -0.15) is 0 Å². The molecule has 2 fully saturated rings. The number of nitrogens with zero attached hydrogens (tertiary/aromatic N) is 2. The number of hydrogen-bond acceptors (Lipinski definition) is 4. The summed E-state index contributed by atoms with van der Waals surface area (Å²) in [5, 5.41) is 9.13. The topological polar surface area (TPSA) is 88.6 Å². The zero-order chi connectivity index (χ0) is 21.4. The number of alkyl halides is 1. The maximum atomic E-state index is 15.2. The Morgan fingerprint density at radius 3 is 2.73 bits per heavy atom. The minimum Gasteiger partial charge on any atom is -0.477 e. The molecule has 0 spiro atoms. The molecule has 2 aliphatic carbocycles. The summed E-state index contributed by atoms with van der Waals surface area (Å²) in [4.78, 5) is 25.9. The van der Waals surface area contributed by atoms with Crippen LogP contribution in [0.1, 0.15) is 22.8 Å². The van der Waals surface area contributed by atoms with Gasteiger partial charge in [0.05, 0.1) is 33.2 Å². The van der Waals surface area contributed by atoms with E-state index >= 15 is 4.39 Å². The maximum absolute atomic E-state index is 15.2. The van der Waals surface area contributed by atoms with Crippen LogP contribution in [0, 0.1) is 11.7 Å². The SMILES string of the molecule is NC12C=CC=CC1CN(c1c(F)cc3c(=O)c(C(=O)O)cn(C4CC4F)c3c1Cl)C2. The first kappa shape index (κ1) is 19.3. The number of benzene rings is 1. The van der Waals surface area contributed by atoms with E-state index in [0.717, 1.165) is 12.3 Å². The molecule has 1 aliphatic heterocycles. The predicted molar refractivity (Wildman–Crippen MR) is 110 cm³/mol. The summed E-state index contributed by atoms with van der Waals surface area (Å²) < 4.78 is 30.4. The van der Waals surface area contributed by atoms with E-state index in [4.69, 9.17) is 17.3 Å². The highest BCUT2D eigenvalue weighted by molar-refractivity contribution is 6.38. The third kappa shape index (κ3) is 2.70. The molecule has 30 heavy (non-hydrogen) atoms. The van der Waals surface area contributed by atoms with Crippen molar-refractivity contribution in [3.63, 3.8) is 0 Å². The van der Waals surface area contributed by atoms with E-state index in [-0.39, 0.29) is 34.0 Å². The normalized spacial score (nSPS) is 29.5. The Balaban J connectivity index is 1.73. The largest absolute Gasteiger partial charge is 0.477 e. The van der Waals surface area contributed by atoms with Crippen LogP contribution in [0.15, 0.2) is 41.4 Å². The molecule has 4 unspecified atom stereocenters. The molecular weight excluding hydrogens is 416 g/mol. The number of carboxylic acid groups (broad SMARTS) is 1. The van der Waals surface area contributed by atoms with Gasteiger partial charge in [-0.15, -0.1) is 0 Å². The van der Waals surface area contributed by atoms with Gasteiger partial charge in [0.15, 0.2) is 0 Å². The summed E-state index contributed by atoms with van der Waals surface area (Å²) in [6, 6.07) is 0.351. The van der Waals surface area contributed by atoms with Crippen molar-refractivity contribution in [2.75, 3.05) is 18.0 Å². The fourth-order valence-corrected chi connectivity index (χ4v) is 4.92. The smallest absolute Gasteiger partial charge is 0.341 e. The second-order valence-electron chi connectivity index (χ2n) is 8.16. The molecule has 2 heterocycles. The fourth-order valence-electron chi connectivity index (χ4n) is 4.51. The van der Waals surface area contributed by atoms with Crippen LogP contribution in [0.5, 0.6) is 0 Å². The number of fused-ring (bicyclic) bond motifs is 2. The summed E-state index contributed by atoms with van der Waals surface area (Å²) in [5.74, 6) is -2.25.